The van der Waals surface area contributed by atoms with Crippen LogP contribution in [0.5, 0.6) is 0 Å². The van der Waals surface area contributed by atoms with Crippen molar-refractivity contribution in [3.8, 4) is 0 Å². The molecule has 22 heavy (non-hydrogen) atoms. The average molecular weight is 323 g/mol. The number of aliphatic imine (C=N–C) groups is 1. The van der Waals surface area contributed by atoms with E-state index < -0.39 is 0 Å². The summed E-state index contributed by atoms with van der Waals surface area (Å²) in [4.78, 5) is 16.2. The van der Waals surface area contributed by atoms with E-state index in [0.717, 1.165) is 12.1 Å². The summed E-state index contributed by atoms with van der Waals surface area (Å²) < 4.78 is 0. The molecular formula is C16H23ClN4O. The van der Waals surface area contributed by atoms with Gasteiger partial charge >= 0.3 is 0 Å². The summed E-state index contributed by atoms with van der Waals surface area (Å²) in [6.07, 6.45) is 2.04. The minimum atomic E-state index is -0.117. The van der Waals surface area contributed by atoms with Crippen LogP contribution in [0.3, 0.4) is 0 Å². The lowest BCUT2D eigenvalue weighted by molar-refractivity contribution is -0.116. The first kappa shape index (κ1) is 18.0. The number of hydrogen-bond acceptors (Lipinski definition) is 2. The molecule has 0 bridgehead atoms. The Labute approximate surface area is 136 Å². The average Bonchev–Trinajstić information content (AvgIpc) is 2.47. The fourth-order valence-electron chi connectivity index (χ4n) is 1.71. The number of nitrogens with one attached hydrogen (secondary N) is 3. The van der Waals surface area contributed by atoms with E-state index in [-0.39, 0.29) is 12.3 Å². The quantitative estimate of drug-likeness (QED) is 0.411. The lowest BCUT2D eigenvalue weighted by atomic mass is 10.2. The number of amides is 1. The van der Waals surface area contributed by atoms with Gasteiger partial charge in [0, 0.05) is 19.5 Å². The Morgan fingerprint density at radius 2 is 2.18 bits per heavy atom. The molecule has 0 saturated heterocycles. The first-order chi connectivity index (χ1) is 10.6. The van der Waals surface area contributed by atoms with Gasteiger partial charge < -0.3 is 16.0 Å². The van der Waals surface area contributed by atoms with Gasteiger partial charge in [0.15, 0.2) is 5.96 Å². The highest BCUT2D eigenvalue weighted by atomic mass is 35.5. The Morgan fingerprint density at radius 1 is 1.41 bits per heavy atom. The summed E-state index contributed by atoms with van der Waals surface area (Å²) in [6, 6.07) is 5.52. The van der Waals surface area contributed by atoms with Gasteiger partial charge in [-0.1, -0.05) is 23.7 Å². The van der Waals surface area contributed by atoms with Crippen molar-refractivity contribution in [3.05, 3.63) is 41.4 Å². The van der Waals surface area contributed by atoms with E-state index in [4.69, 9.17) is 11.6 Å². The zero-order valence-electron chi connectivity index (χ0n) is 13.1. The minimum Gasteiger partial charge on any atom is -0.357 e. The minimum absolute atomic E-state index is 0.117. The van der Waals surface area contributed by atoms with Crippen LogP contribution in [0.15, 0.2) is 35.8 Å². The number of anilines is 1. The zero-order chi connectivity index (χ0) is 16.4. The smallest absolute Gasteiger partial charge is 0.226 e. The second-order valence-corrected chi connectivity index (χ2v) is 5.12. The topological polar surface area (TPSA) is 65.5 Å². The maximum atomic E-state index is 11.9. The lowest BCUT2D eigenvalue weighted by Gasteiger charge is -2.10. The van der Waals surface area contributed by atoms with Gasteiger partial charge in [-0.15, -0.1) is 6.58 Å². The van der Waals surface area contributed by atoms with Gasteiger partial charge in [-0.2, -0.15) is 0 Å². The van der Waals surface area contributed by atoms with Crippen molar-refractivity contribution >= 4 is 29.2 Å². The molecule has 0 aromatic heterocycles. The van der Waals surface area contributed by atoms with Crippen molar-refractivity contribution in [3.63, 3.8) is 0 Å². The number of nitrogens with zero attached hydrogens (tertiary/aromatic N) is 1. The first-order valence-electron chi connectivity index (χ1n) is 7.26. The molecule has 0 aliphatic carbocycles. The summed E-state index contributed by atoms with van der Waals surface area (Å²) in [5.41, 5.74) is 1.68. The van der Waals surface area contributed by atoms with Gasteiger partial charge in [0.05, 0.1) is 17.3 Å². The van der Waals surface area contributed by atoms with Crippen LogP contribution >= 0.6 is 11.6 Å². The number of hydrogen-bond donors (Lipinski definition) is 3. The molecule has 1 rings (SSSR count). The molecule has 0 fully saturated rings. The van der Waals surface area contributed by atoms with E-state index in [1.807, 2.05) is 26.0 Å². The fraction of sp³-hybridized carbons (Fsp3) is 0.375. The highest BCUT2D eigenvalue weighted by molar-refractivity contribution is 6.33. The highest BCUT2D eigenvalue weighted by Crippen LogP contribution is 2.22. The predicted octanol–water partition coefficient (Wildman–Crippen LogP) is 2.72. The van der Waals surface area contributed by atoms with Gasteiger partial charge in [-0.3, -0.25) is 9.79 Å². The van der Waals surface area contributed by atoms with Crippen molar-refractivity contribution in [1.29, 1.82) is 0 Å². The summed E-state index contributed by atoms with van der Waals surface area (Å²) in [5, 5.41) is 9.50. The van der Waals surface area contributed by atoms with Gasteiger partial charge in [0.1, 0.15) is 0 Å². The van der Waals surface area contributed by atoms with Gasteiger partial charge in [-0.25, -0.2) is 0 Å². The number of halogens is 1. The molecule has 0 aliphatic rings. The lowest BCUT2D eigenvalue weighted by Crippen LogP contribution is -2.37. The number of guanidine groups is 1. The van der Waals surface area contributed by atoms with Gasteiger partial charge in [0.25, 0.3) is 0 Å². The molecule has 1 amide bonds. The number of benzene rings is 1. The maximum Gasteiger partial charge on any atom is 0.226 e. The van der Waals surface area contributed by atoms with E-state index in [1.165, 1.54) is 0 Å². The second kappa shape index (κ2) is 9.84. The van der Waals surface area contributed by atoms with E-state index in [0.29, 0.717) is 29.8 Å². The molecule has 120 valence electrons. The fourth-order valence-corrected chi connectivity index (χ4v) is 2.00. The third kappa shape index (κ3) is 6.63. The molecule has 0 radical (unpaired) electrons. The molecule has 0 atom stereocenters. The van der Waals surface area contributed by atoms with Crippen LogP contribution in [0.1, 0.15) is 18.9 Å². The zero-order valence-corrected chi connectivity index (χ0v) is 13.8. The van der Waals surface area contributed by atoms with E-state index in [2.05, 4.69) is 27.5 Å². The standard InChI is InChI=1S/C16H23ClN4O/c1-4-9-19-16(18-5-2)20-10-8-15(22)21-14-7-6-12(3)11-13(14)17/h4,6-7,11H,1,5,8-10H2,2-3H3,(H,21,22)(H2,18,19,20). The van der Waals surface area contributed by atoms with Gasteiger partial charge in [-0.05, 0) is 31.5 Å². The van der Waals surface area contributed by atoms with Gasteiger partial charge in [0.2, 0.25) is 5.91 Å². The Kier molecular flexibility index (Phi) is 8.07. The third-order valence-electron chi connectivity index (χ3n) is 2.77. The van der Waals surface area contributed by atoms with Crippen LogP contribution in [-0.4, -0.2) is 31.5 Å². The monoisotopic (exact) mass is 322 g/mol. The van der Waals surface area contributed by atoms with Crippen LogP contribution in [0.2, 0.25) is 5.02 Å². The Bertz CT molecular complexity index is 543. The van der Waals surface area contributed by atoms with Crippen molar-refractivity contribution < 1.29 is 4.79 Å². The predicted molar refractivity (Wildman–Crippen MR) is 93.6 cm³/mol. The molecule has 0 heterocycles. The Hall–Kier alpha value is -2.01. The maximum absolute atomic E-state index is 11.9. The molecule has 1 aromatic rings. The van der Waals surface area contributed by atoms with E-state index >= 15 is 0 Å². The van der Waals surface area contributed by atoms with Crippen molar-refractivity contribution in [2.24, 2.45) is 4.99 Å². The molecule has 1 aromatic carbocycles. The van der Waals surface area contributed by atoms with Crippen LogP contribution in [0.25, 0.3) is 0 Å². The van der Waals surface area contributed by atoms with Crippen molar-refractivity contribution in [2.45, 2.75) is 20.3 Å². The van der Waals surface area contributed by atoms with Crippen molar-refractivity contribution in [1.82, 2.24) is 10.6 Å². The molecule has 5 nitrogen and oxygen atoms in total. The molecule has 0 aliphatic heterocycles. The second-order valence-electron chi connectivity index (χ2n) is 4.71. The summed E-state index contributed by atoms with van der Waals surface area (Å²) in [7, 11) is 0. The number of carbonyl (C=O) groups excluding carboxylic acids is 1. The SMILES string of the molecule is C=CCNC(=NCCC(=O)Nc1ccc(C)cc1Cl)NCC. The van der Waals surface area contributed by atoms with Crippen LogP contribution in [0, 0.1) is 6.92 Å². The van der Waals surface area contributed by atoms with Crippen LogP contribution < -0.4 is 16.0 Å². The van der Waals surface area contributed by atoms with Crippen LogP contribution in [0.4, 0.5) is 5.69 Å². The molecule has 3 N–H and O–H groups in total. The Balaban J connectivity index is 2.48. The summed E-state index contributed by atoms with van der Waals surface area (Å²) >= 11 is 6.08. The number of carbonyl (C=O) groups is 1. The van der Waals surface area contributed by atoms with Crippen LogP contribution in [-0.2, 0) is 4.79 Å². The summed E-state index contributed by atoms with van der Waals surface area (Å²) in [5.74, 6) is 0.553. The van der Waals surface area contributed by atoms with E-state index in [1.54, 1.807) is 12.1 Å². The largest absolute Gasteiger partial charge is 0.357 e. The molecule has 0 saturated carbocycles. The normalized spacial score (nSPS) is 11.0. The molecule has 6 heteroatoms. The first-order valence-corrected chi connectivity index (χ1v) is 7.63. The van der Waals surface area contributed by atoms with E-state index in [9.17, 15) is 4.79 Å². The Morgan fingerprint density at radius 3 is 2.82 bits per heavy atom. The molecule has 0 spiro atoms. The number of aryl methyl sites for hydroxylation is 1. The molecule has 0 unspecified atom stereocenters. The highest BCUT2D eigenvalue weighted by Gasteiger charge is 2.06. The van der Waals surface area contributed by atoms with Crippen molar-refractivity contribution in [2.75, 3.05) is 25.0 Å². The number of rotatable bonds is 7. The molecular weight excluding hydrogens is 300 g/mol. The summed E-state index contributed by atoms with van der Waals surface area (Å²) in [6.45, 7) is 9.34. The third-order valence-corrected chi connectivity index (χ3v) is 3.08.